The number of benzene rings is 1. The summed E-state index contributed by atoms with van der Waals surface area (Å²) in [7, 11) is 0. The maximum absolute atomic E-state index is 5.68. The number of nitrogens with two attached hydrogens (primary N) is 1. The third kappa shape index (κ3) is 1.56. The smallest absolute Gasteiger partial charge is 0.0727 e. The van der Waals surface area contributed by atoms with E-state index in [1.165, 1.54) is 16.5 Å². The van der Waals surface area contributed by atoms with Crippen LogP contribution in [0, 0.1) is 13.8 Å². The topological polar surface area (TPSA) is 54.7 Å². The molecule has 0 amide bonds. The first-order valence-electron chi connectivity index (χ1n) is 5.96. The minimum Gasteiger partial charge on any atom is -0.397 e. The van der Waals surface area contributed by atoms with Crippen LogP contribution in [0.25, 0.3) is 22.2 Å². The number of aromatic nitrogens is 2. The zero-order chi connectivity index (χ0) is 12.7. The van der Waals surface area contributed by atoms with Gasteiger partial charge in [0.25, 0.3) is 0 Å². The van der Waals surface area contributed by atoms with Crippen molar-refractivity contribution in [3.05, 3.63) is 47.8 Å². The first-order chi connectivity index (χ1) is 8.66. The zero-order valence-corrected chi connectivity index (χ0v) is 10.5. The number of aromatic amines is 1. The van der Waals surface area contributed by atoms with Crippen molar-refractivity contribution >= 4 is 16.6 Å². The molecular formula is C15H15N3. The van der Waals surface area contributed by atoms with Gasteiger partial charge in [0.15, 0.2) is 0 Å². The van der Waals surface area contributed by atoms with E-state index in [0.29, 0.717) is 5.69 Å². The van der Waals surface area contributed by atoms with E-state index in [1.54, 1.807) is 6.20 Å². The number of pyridine rings is 1. The van der Waals surface area contributed by atoms with Gasteiger partial charge in [-0.05, 0) is 31.5 Å². The summed E-state index contributed by atoms with van der Waals surface area (Å²) in [4.78, 5) is 7.85. The second kappa shape index (κ2) is 3.88. The summed E-state index contributed by atoms with van der Waals surface area (Å²) in [6, 6.07) is 10.2. The van der Waals surface area contributed by atoms with Gasteiger partial charge in [0.1, 0.15) is 0 Å². The van der Waals surface area contributed by atoms with E-state index in [1.807, 2.05) is 12.1 Å². The van der Waals surface area contributed by atoms with Gasteiger partial charge in [-0.3, -0.25) is 4.98 Å². The number of fused-ring (bicyclic) bond motifs is 1. The first-order valence-corrected chi connectivity index (χ1v) is 5.96. The fourth-order valence-corrected chi connectivity index (χ4v) is 2.38. The molecule has 3 aromatic rings. The van der Waals surface area contributed by atoms with Gasteiger partial charge in [0.05, 0.1) is 17.6 Å². The Hall–Kier alpha value is -2.29. The second-order valence-corrected chi connectivity index (χ2v) is 4.60. The Balaban J connectivity index is 2.32. The van der Waals surface area contributed by atoms with Gasteiger partial charge in [-0.25, -0.2) is 0 Å². The van der Waals surface area contributed by atoms with E-state index in [-0.39, 0.29) is 0 Å². The van der Waals surface area contributed by atoms with E-state index in [0.717, 1.165) is 17.0 Å². The van der Waals surface area contributed by atoms with Crippen molar-refractivity contribution in [2.75, 3.05) is 5.73 Å². The molecule has 3 heteroatoms. The predicted octanol–water partition coefficient (Wildman–Crippen LogP) is 3.43. The lowest BCUT2D eigenvalue weighted by molar-refractivity contribution is 1.26. The van der Waals surface area contributed by atoms with Gasteiger partial charge in [-0.2, -0.15) is 0 Å². The van der Waals surface area contributed by atoms with Gasteiger partial charge in [0.2, 0.25) is 0 Å². The Labute approximate surface area is 106 Å². The lowest BCUT2D eigenvalue weighted by Gasteiger charge is -2.02. The average molecular weight is 237 g/mol. The minimum absolute atomic E-state index is 0.687. The average Bonchev–Trinajstić information content (AvgIpc) is 2.69. The van der Waals surface area contributed by atoms with Crippen LogP contribution < -0.4 is 5.73 Å². The van der Waals surface area contributed by atoms with Gasteiger partial charge in [0, 0.05) is 22.2 Å². The second-order valence-electron chi connectivity index (χ2n) is 4.60. The van der Waals surface area contributed by atoms with Crippen LogP contribution in [0.1, 0.15) is 11.3 Å². The van der Waals surface area contributed by atoms with Crippen LogP contribution in [-0.4, -0.2) is 9.97 Å². The summed E-state index contributed by atoms with van der Waals surface area (Å²) in [5, 5.41) is 1.21. The standard InChI is InChI=1S/C15H15N3/c1-9-4-3-5-12-14(10(2)18-15(9)12)13-7-6-11(16)8-17-13/h3-8,18H,16H2,1-2H3. The monoisotopic (exact) mass is 237 g/mol. The van der Waals surface area contributed by atoms with E-state index in [9.17, 15) is 0 Å². The molecule has 2 aromatic heterocycles. The molecule has 3 rings (SSSR count). The molecule has 0 bridgehead atoms. The van der Waals surface area contributed by atoms with Crippen molar-refractivity contribution in [1.29, 1.82) is 0 Å². The Kier molecular flexibility index (Phi) is 2.33. The molecule has 0 radical (unpaired) electrons. The Morgan fingerprint density at radius 1 is 1.11 bits per heavy atom. The minimum atomic E-state index is 0.687. The molecule has 0 spiro atoms. The predicted molar refractivity (Wildman–Crippen MR) is 75.4 cm³/mol. The maximum Gasteiger partial charge on any atom is 0.0727 e. The van der Waals surface area contributed by atoms with Crippen LogP contribution in [0.5, 0.6) is 0 Å². The highest BCUT2D eigenvalue weighted by molar-refractivity contribution is 5.98. The number of H-pyrrole nitrogens is 1. The molecule has 0 saturated carbocycles. The third-order valence-corrected chi connectivity index (χ3v) is 3.27. The van der Waals surface area contributed by atoms with Gasteiger partial charge in [-0.15, -0.1) is 0 Å². The quantitative estimate of drug-likeness (QED) is 0.681. The first kappa shape index (κ1) is 10.8. The Morgan fingerprint density at radius 2 is 1.94 bits per heavy atom. The van der Waals surface area contributed by atoms with Gasteiger partial charge < -0.3 is 10.7 Å². The molecular weight excluding hydrogens is 222 g/mol. The molecule has 18 heavy (non-hydrogen) atoms. The number of nitrogen functional groups attached to an aromatic ring is 1. The molecule has 0 aliphatic heterocycles. The summed E-state index contributed by atoms with van der Waals surface area (Å²) >= 11 is 0. The van der Waals surface area contributed by atoms with Crippen LogP contribution in [0.15, 0.2) is 36.5 Å². The normalized spacial score (nSPS) is 11.0. The van der Waals surface area contributed by atoms with Crippen molar-refractivity contribution in [3.8, 4) is 11.3 Å². The van der Waals surface area contributed by atoms with Crippen LogP contribution in [0.2, 0.25) is 0 Å². The summed E-state index contributed by atoms with van der Waals surface area (Å²) in [5.41, 5.74) is 12.1. The van der Waals surface area contributed by atoms with Crippen LogP contribution in [-0.2, 0) is 0 Å². The van der Waals surface area contributed by atoms with E-state index in [2.05, 4.69) is 42.0 Å². The Morgan fingerprint density at radius 3 is 2.67 bits per heavy atom. The van der Waals surface area contributed by atoms with Crippen LogP contribution in [0.3, 0.4) is 0 Å². The van der Waals surface area contributed by atoms with Crippen molar-refractivity contribution < 1.29 is 0 Å². The molecule has 0 atom stereocenters. The van der Waals surface area contributed by atoms with Crippen molar-refractivity contribution in [1.82, 2.24) is 9.97 Å². The molecule has 3 nitrogen and oxygen atoms in total. The van der Waals surface area contributed by atoms with E-state index in [4.69, 9.17) is 5.73 Å². The molecule has 0 saturated heterocycles. The highest BCUT2D eigenvalue weighted by Gasteiger charge is 2.12. The van der Waals surface area contributed by atoms with Gasteiger partial charge >= 0.3 is 0 Å². The number of hydrogen-bond donors (Lipinski definition) is 2. The van der Waals surface area contributed by atoms with Crippen LogP contribution in [0.4, 0.5) is 5.69 Å². The lowest BCUT2D eigenvalue weighted by atomic mass is 10.1. The molecule has 0 fully saturated rings. The molecule has 2 heterocycles. The van der Waals surface area contributed by atoms with Crippen molar-refractivity contribution in [3.63, 3.8) is 0 Å². The highest BCUT2D eigenvalue weighted by Crippen LogP contribution is 2.32. The van der Waals surface area contributed by atoms with Crippen LogP contribution >= 0.6 is 0 Å². The summed E-state index contributed by atoms with van der Waals surface area (Å²) in [5.74, 6) is 0. The summed E-state index contributed by atoms with van der Waals surface area (Å²) in [6.07, 6.45) is 1.70. The maximum atomic E-state index is 5.68. The van der Waals surface area contributed by atoms with Crippen molar-refractivity contribution in [2.45, 2.75) is 13.8 Å². The largest absolute Gasteiger partial charge is 0.397 e. The van der Waals surface area contributed by atoms with Crippen molar-refractivity contribution in [2.24, 2.45) is 0 Å². The molecule has 3 N–H and O–H groups in total. The number of hydrogen-bond acceptors (Lipinski definition) is 2. The summed E-state index contributed by atoms with van der Waals surface area (Å²) in [6.45, 7) is 4.19. The van der Waals surface area contributed by atoms with Gasteiger partial charge in [-0.1, -0.05) is 18.2 Å². The SMILES string of the molecule is Cc1[nH]c2c(C)cccc2c1-c1ccc(N)cn1. The summed E-state index contributed by atoms with van der Waals surface area (Å²) < 4.78 is 0. The number of para-hydroxylation sites is 1. The fraction of sp³-hybridized carbons (Fsp3) is 0.133. The third-order valence-electron chi connectivity index (χ3n) is 3.27. The number of nitrogens with one attached hydrogen (secondary N) is 1. The lowest BCUT2D eigenvalue weighted by Crippen LogP contribution is -1.88. The number of aryl methyl sites for hydroxylation is 2. The number of rotatable bonds is 1. The molecule has 0 aliphatic rings. The fourth-order valence-electron chi connectivity index (χ4n) is 2.38. The highest BCUT2D eigenvalue weighted by atomic mass is 14.8. The molecule has 0 aliphatic carbocycles. The van der Waals surface area contributed by atoms with E-state index >= 15 is 0 Å². The number of nitrogens with zero attached hydrogens (tertiary/aromatic N) is 1. The molecule has 90 valence electrons. The molecule has 1 aromatic carbocycles. The molecule has 0 unspecified atom stereocenters. The zero-order valence-electron chi connectivity index (χ0n) is 10.5. The van der Waals surface area contributed by atoms with E-state index < -0.39 is 0 Å². The Bertz CT molecular complexity index is 708. The number of anilines is 1.